The van der Waals surface area contributed by atoms with Gasteiger partial charge in [-0.05, 0) is 25.3 Å². The normalized spacial score (nSPS) is 14.6. The van der Waals surface area contributed by atoms with E-state index in [9.17, 15) is 28.9 Å². The molecule has 0 radical (unpaired) electrons. The number of unbranched alkanes of at least 4 members (excludes halogenated alkanes) is 12. The molecule has 0 aliphatic carbocycles. The van der Waals surface area contributed by atoms with Crippen molar-refractivity contribution in [3.8, 4) is 0 Å². The Bertz CT molecular complexity index is 890. The molecule has 0 aromatic heterocycles. The summed E-state index contributed by atoms with van der Waals surface area (Å²) >= 11 is 0. The minimum absolute atomic E-state index is 0.0174. The Morgan fingerprint density at radius 1 is 0.761 bits per heavy atom. The van der Waals surface area contributed by atoms with Crippen LogP contribution in [0.5, 0.6) is 0 Å². The van der Waals surface area contributed by atoms with Crippen molar-refractivity contribution in [2.24, 2.45) is 0 Å². The van der Waals surface area contributed by atoms with Crippen molar-refractivity contribution in [1.29, 1.82) is 0 Å². The first-order valence-corrected chi connectivity index (χ1v) is 18.9. The van der Waals surface area contributed by atoms with E-state index < -0.39 is 38.6 Å². The van der Waals surface area contributed by atoms with Crippen LogP contribution in [0.2, 0.25) is 0 Å². The van der Waals surface area contributed by atoms with Crippen LogP contribution in [0.15, 0.2) is 12.2 Å². The fraction of sp³-hybridized carbons (Fsp3) is 0.853. The number of carbonyl (C=O) groups is 3. The molecule has 0 fully saturated rings. The third-order valence-corrected chi connectivity index (χ3v) is 8.37. The fourth-order valence-electron chi connectivity index (χ4n) is 4.44. The molecule has 11 nitrogen and oxygen atoms in total. The summed E-state index contributed by atoms with van der Waals surface area (Å²) < 4.78 is 33.7. The number of likely N-dealkylation sites (N-methyl/N-ethyl adjacent to an activating group) is 1. The summed E-state index contributed by atoms with van der Waals surface area (Å²) in [6.07, 6.45) is 17.4. The Kier molecular flexibility index (Phi) is 26.4. The number of nitrogens with zero attached hydrogens (tertiary/aromatic N) is 1. The predicted octanol–water partition coefficient (Wildman–Crippen LogP) is 6.83. The SMILES string of the molecule is CCCCCCCCCCCCCCCC(=O)OC[C@H](COP(=O)(O)OCC[N+](C)(C)C)OC(=O)CCCC(O)C=CC(=O)CC. The van der Waals surface area contributed by atoms with Crippen molar-refractivity contribution in [2.45, 2.75) is 142 Å². The Balaban J connectivity index is 4.56. The maximum absolute atomic E-state index is 12.5. The highest BCUT2D eigenvalue weighted by Crippen LogP contribution is 2.43. The lowest BCUT2D eigenvalue weighted by Crippen LogP contribution is -2.37. The second kappa shape index (κ2) is 27.3. The average molecular weight is 679 g/mol. The van der Waals surface area contributed by atoms with E-state index in [0.717, 1.165) is 19.3 Å². The van der Waals surface area contributed by atoms with E-state index in [1.54, 1.807) is 6.92 Å². The lowest BCUT2D eigenvalue weighted by molar-refractivity contribution is -0.870. The molecule has 46 heavy (non-hydrogen) atoms. The molecule has 0 heterocycles. The lowest BCUT2D eigenvalue weighted by atomic mass is 10.0. The molecule has 0 amide bonds. The van der Waals surface area contributed by atoms with Crippen LogP contribution in [-0.2, 0) is 37.5 Å². The second-order valence-corrected chi connectivity index (χ2v) is 14.5. The summed E-state index contributed by atoms with van der Waals surface area (Å²) in [4.78, 5) is 46.3. The van der Waals surface area contributed by atoms with E-state index in [-0.39, 0.29) is 44.7 Å². The standard InChI is InChI=1S/C34H64NO10P/c1-6-8-9-10-11-12-13-14-15-16-17-18-19-22-33(38)42-28-32(29-44-46(40,41)43-27-26-35(3,4)5)45-34(39)23-20-21-31(37)25-24-30(36)7-2/h24-25,31-32,37H,6-23,26-29H2,1-5H3/p+1/t31?,32-/m1/s1. The number of aliphatic hydroxyl groups excluding tert-OH is 1. The van der Waals surface area contributed by atoms with Crippen LogP contribution in [0, 0.1) is 0 Å². The fourth-order valence-corrected chi connectivity index (χ4v) is 5.18. The summed E-state index contributed by atoms with van der Waals surface area (Å²) in [5.41, 5.74) is 0. The molecule has 0 saturated heterocycles. The van der Waals surface area contributed by atoms with Gasteiger partial charge in [-0.1, -0.05) is 97.0 Å². The summed E-state index contributed by atoms with van der Waals surface area (Å²) in [5.74, 6) is -1.18. The number of hydrogen-bond donors (Lipinski definition) is 2. The monoisotopic (exact) mass is 678 g/mol. The molecular formula is C34H65NO10P+. The van der Waals surface area contributed by atoms with Crippen LogP contribution in [-0.4, -0.2) is 91.9 Å². The topological polar surface area (TPSA) is 146 Å². The maximum Gasteiger partial charge on any atom is 0.472 e. The molecule has 0 aliphatic heterocycles. The van der Waals surface area contributed by atoms with Crippen molar-refractivity contribution in [3.05, 3.63) is 12.2 Å². The molecule has 12 heteroatoms. The van der Waals surface area contributed by atoms with Crippen molar-refractivity contribution >= 4 is 25.5 Å². The highest BCUT2D eigenvalue weighted by molar-refractivity contribution is 7.47. The number of rotatable bonds is 31. The van der Waals surface area contributed by atoms with E-state index in [4.69, 9.17) is 18.5 Å². The van der Waals surface area contributed by atoms with Crippen LogP contribution in [0.1, 0.15) is 129 Å². The Morgan fingerprint density at radius 2 is 1.30 bits per heavy atom. The zero-order valence-electron chi connectivity index (χ0n) is 29.4. The second-order valence-electron chi connectivity index (χ2n) is 13.0. The van der Waals surface area contributed by atoms with Gasteiger partial charge in [-0.25, -0.2) is 4.57 Å². The number of phosphoric ester groups is 1. The molecule has 2 unspecified atom stereocenters. The summed E-state index contributed by atoms with van der Waals surface area (Å²) in [7, 11) is 1.30. The number of aliphatic hydroxyl groups is 1. The molecule has 0 spiro atoms. The number of allylic oxidation sites excluding steroid dienone is 1. The van der Waals surface area contributed by atoms with Crippen LogP contribution in [0.3, 0.4) is 0 Å². The van der Waals surface area contributed by atoms with Crippen molar-refractivity contribution in [3.63, 3.8) is 0 Å². The van der Waals surface area contributed by atoms with Gasteiger partial charge in [0.1, 0.15) is 19.8 Å². The van der Waals surface area contributed by atoms with Gasteiger partial charge in [0.05, 0.1) is 33.9 Å². The van der Waals surface area contributed by atoms with Gasteiger partial charge in [0.2, 0.25) is 0 Å². The van der Waals surface area contributed by atoms with E-state index in [1.165, 1.54) is 69.9 Å². The number of phosphoric acid groups is 1. The maximum atomic E-state index is 12.5. The largest absolute Gasteiger partial charge is 0.472 e. The Morgan fingerprint density at radius 3 is 1.85 bits per heavy atom. The predicted molar refractivity (Wildman–Crippen MR) is 180 cm³/mol. The average Bonchev–Trinajstić information content (AvgIpc) is 2.98. The first kappa shape index (κ1) is 44.4. The van der Waals surface area contributed by atoms with E-state index in [2.05, 4.69) is 6.92 Å². The molecule has 2 N–H and O–H groups in total. The van der Waals surface area contributed by atoms with Gasteiger partial charge < -0.3 is 24.0 Å². The van der Waals surface area contributed by atoms with Gasteiger partial charge in [0, 0.05) is 19.3 Å². The summed E-state index contributed by atoms with van der Waals surface area (Å²) in [6, 6.07) is 0. The summed E-state index contributed by atoms with van der Waals surface area (Å²) in [6.45, 7) is 3.58. The molecule has 3 atom stereocenters. The van der Waals surface area contributed by atoms with Crippen LogP contribution >= 0.6 is 7.82 Å². The third-order valence-electron chi connectivity index (χ3n) is 7.39. The van der Waals surface area contributed by atoms with Gasteiger partial charge >= 0.3 is 19.8 Å². The number of ether oxygens (including phenoxy) is 2. The molecule has 0 bridgehead atoms. The quantitative estimate of drug-likeness (QED) is 0.0263. The molecule has 0 saturated carbocycles. The minimum atomic E-state index is -4.43. The van der Waals surface area contributed by atoms with E-state index >= 15 is 0 Å². The molecular weight excluding hydrogens is 613 g/mol. The third kappa shape index (κ3) is 29.8. The first-order chi connectivity index (χ1) is 21.8. The van der Waals surface area contributed by atoms with E-state index in [0.29, 0.717) is 23.9 Å². The van der Waals surface area contributed by atoms with Gasteiger partial charge in [0.25, 0.3) is 0 Å². The molecule has 0 aliphatic rings. The zero-order valence-corrected chi connectivity index (χ0v) is 30.3. The highest BCUT2D eigenvalue weighted by Gasteiger charge is 2.27. The molecule has 0 rings (SSSR count). The number of carbonyl (C=O) groups excluding carboxylic acids is 3. The van der Waals surface area contributed by atoms with Crippen molar-refractivity contribution in [2.75, 3.05) is 47.5 Å². The summed E-state index contributed by atoms with van der Waals surface area (Å²) in [5, 5.41) is 9.98. The van der Waals surface area contributed by atoms with Gasteiger partial charge in [-0.15, -0.1) is 0 Å². The number of ketones is 1. The minimum Gasteiger partial charge on any atom is -0.462 e. The van der Waals surface area contributed by atoms with Gasteiger partial charge in [-0.2, -0.15) is 0 Å². The van der Waals surface area contributed by atoms with Crippen molar-refractivity contribution in [1.82, 2.24) is 0 Å². The van der Waals surface area contributed by atoms with Crippen LogP contribution < -0.4 is 0 Å². The van der Waals surface area contributed by atoms with Crippen molar-refractivity contribution < 1.29 is 52.0 Å². The smallest absolute Gasteiger partial charge is 0.462 e. The highest BCUT2D eigenvalue weighted by atomic mass is 31.2. The molecule has 0 aromatic rings. The number of hydrogen-bond acceptors (Lipinski definition) is 9. The Hall–Kier alpha value is -1.62. The van der Waals surface area contributed by atoms with Crippen LogP contribution in [0.4, 0.5) is 0 Å². The Labute approximate surface area is 278 Å². The number of esters is 2. The van der Waals surface area contributed by atoms with Gasteiger partial charge in [0.15, 0.2) is 11.9 Å². The lowest BCUT2D eigenvalue weighted by Gasteiger charge is -2.24. The molecule has 0 aromatic carbocycles. The van der Waals surface area contributed by atoms with Gasteiger partial charge in [-0.3, -0.25) is 23.4 Å². The number of quaternary nitrogens is 1. The van der Waals surface area contributed by atoms with Crippen LogP contribution in [0.25, 0.3) is 0 Å². The van der Waals surface area contributed by atoms with E-state index in [1.807, 2.05) is 21.1 Å². The molecule has 270 valence electrons. The first-order valence-electron chi connectivity index (χ1n) is 17.4. The zero-order chi connectivity index (χ0) is 34.7.